The second kappa shape index (κ2) is 8.83. The Labute approximate surface area is 165 Å². The standard InChI is InChI=1S/C19H21N3O5S/c1-3-26-19(25)15-13-7-6-11(2)9-14(13)28-18(15)21-16(23)17(24)22-20-10-12-5-4-8-27-12/h4-5,8,10-11H,3,6-7,9H2,1-2H3,(H,21,23)(H,22,24)/b20-10+. The van der Waals surface area contributed by atoms with Crippen LogP contribution in [0.15, 0.2) is 27.9 Å². The molecule has 1 aliphatic carbocycles. The van der Waals surface area contributed by atoms with Crippen LogP contribution in [0.3, 0.4) is 0 Å². The summed E-state index contributed by atoms with van der Waals surface area (Å²) in [4.78, 5) is 37.7. The van der Waals surface area contributed by atoms with Crippen LogP contribution in [-0.2, 0) is 27.2 Å². The number of carbonyl (C=O) groups is 3. The summed E-state index contributed by atoms with van der Waals surface area (Å²) in [7, 11) is 0. The number of esters is 1. The first kappa shape index (κ1) is 19.8. The Morgan fingerprint density at radius 1 is 1.39 bits per heavy atom. The van der Waals surface area contributed by atoms with Crippen molar-refractivity contribution in [2.24, 2.45) is 11.0 Å². The van der Waals surface area contributed by atoms with Crippen LogP contribution in [0.2, 0.25) is 0 Å². The van der Waals surface area contributed by atoms with Crippen LogP contribution in [0.5, 0.6) is 0 Å². The Hall–Kier alpha value is -2.94. The van der Waals surface area contributed by atoms with E-state index in [2.05, 4.69) is 22.8 Å². The number of anilines is 1. The Morgan fingerprint density at radius 2 is 2.21 bits per heavy atom. The number of amides is 2. The molecule has 0 radical (unpaired) electrons. The summed E-state index contributed by atoms with van der Waals surface area (Å²) < 4.78 is 10.2. The lowest BCUT2D eigenvalue weighted by molar-refractivity contribution is -0.136. The maximum Gasteiger partial charge on any atom is 0.341 e. The van der Waals surface area contributed by atoms with Gasteiger partial charge in [-0.05, 0) is 49.8 Å². The minimum atomic E-state index is -0.947. The average molecular weight is 403 g/mol. The smallest absolute Gasteiger partial charge is 0.341 e. The van der Waals surface area contributed by atoms with Gasteiger partial charge >= 0.3 is 17.8 Å². The second-order valence-electron chi connectivity index (χ2n) is 6.45. The lowest BCUT2D eigenvalue weighted by atomic mass is 9.88. The topological polar surface area (TPSA) is 110 Å². The minimum Gasteiger partial charge on any atom is -0.463 e. The molecule has 0 aromatic carbocycles. The van der Waals surface area contributed by atoms with E-state index in [1.807, 2.05) is 0 Å². The van der Waals surface area contributed by atoms with Crippen LogP contribution in [0.4, 0.5) is 5.00 Å². The molecule has 1 aliphatic rings. The second-order valence-corrected chi connectivity index (χ2v) is 7.55. The molecule has 0 aliphatic heterocycles. The highest BCUT2D eigenvalue weighted by Crippen LogP contribution is 2.40. The summed E-state index contributed by atoms with van der Waals surface area (Å²) in [5.41, 5.74) is 3.40. The van der Waals surface area contributed by atoms with Gasteiger partial charge in [0.25, 0.3) is 0 Å². The molecule has 28 heavy (non-hydrogen) atoms. The number of hydrogen-bond acceptors (Lipinski definition) is 7. The van der Waals surface area contributed by atoms with Crippen molar-refractivity contribution >= 4 is 40.3 Å². The lowest BCUT2D eigenvalue weighted by Gasteiger charge is -2.18. The fraction of sp³-hybridized carbons (Fsp3) is 0.368. The highest BCUT2D eigenvalue weighted by Gasteiger charge is 2.30. The number of rotatable bonds is 5. The van der Waals surface area contributed by atoms with Crippen LogP contribution >= 0.6 is 11.3 Å². The van der Waals surface area contributed by atoms with Crippen LogP contribution in [-0.4, -0.2) is 30.6 Å². The van der Waals surface area contributed by atoms with Crippen molar-refractivity contribution in [3.05, 3.63) is 40.2 Å². The number of fused-ring (bicyclic) bond motifs is 1. The van der Waals surface area contributed by atoms with E-state index in [9.17, 15) is 14.4 Å². The molecule has 0 saturated heterocycles. The van der Waals surface area contributed by atoms with Crippen LogP contribution in [0.1, 0.15) is 46.8 Å². The normalized spacial score (nSPS) is 15.9. The molecule has 0 bridgehead atoms. The van der Waals surface area contributed by atoms with Crippen molar-refractivity contribution in [3.63, 3.8) is 0 Å². The molecule has 8 nitrogen and oxygen atoms in total. The molecular weight excluding hydrogens is 382 g/mol. The van der Waals surface area contributed by atoms with E-state index in [0.29, 0.717) is 22.2 Å². The summed E-state index contributed by atoms with van der Waals surface area (Å²) in [5, 5.41) is 6.55. The molecule has 2 amide bonds. The van der Waals surface area contributed by atoms with E-state index in [-0.39, 0.29) is 6.61 Å². The van der Waals surface area contributed by atoms with Gasteiger partial charge in [-0.2, -0.15) is 5.10 Å². The summed E-state index contributed by atoms with van der Waals surface area (Å²) in [5.74, 6) is -1.40. The van der Waals surface area contributed by atoms with Crippen LogP contribution in [0.25, 0.3) is 0 Å². The van der Waals surface area contributed by atoms with E-state index in [0.717, 1.165) is 29.7 Å². The van der Waals surface area contributed by atoms with Crippen molar-refractivity contribution in [1.29, 1.82) is 0 Å². The molecule has 3 rings (SSSR count). The minimum absolute atomic E-state index is 0.231. The Bertz CT molecular complexity index is 901. The summed E-state index contributed by atoms with van der Waals surface area (Å²) >= 11 is 1.32. The molecular formula is C19H21N3O5S. The fourth-order valence-corrected chi connectivity index (χ4v) is 4.38. The predicted molar refractivity (Wildman–Crippen MR) is 105 cm³/mol. The van der Waals surface area contributed by atoms with Crippen molar-refractivity contribution in [1.82, 2.24) is 5.43 Å². The number of nitrogens with zero attached hydrogens (tertiary/aromatic N) is 1. The van der Waals surface area contributed by atoms with Gasteiger partial charge in [0, 0.05) is 4.88 Å². The monoisotopic (exact) mass is 403 g/mol. The Kier molecular flexibility index (Phi) is 6.25. The largest absolute Gasteiger partial charge is 0.463 e. The molecule has 1 unspecified atom stereocenters. The quantitative estimate of drug-likeness (QED) is 0.345. The number of hydrogen-bond donors (Lipinski definition) is 2. The average Bonchev–Trinajstić information content (AvgIpc) is 3.28. The van der Waals surface area contributed by atoms with Crippen molar-refractivity contribution in [2.75, 3.05) is 11.9 Å². The van der Waals surface area contributed by atoms with Gasteiger partial charge in [-0.25, -0.2) is 10.2 Å². The number of furan rings is 1. The van der Waals surface area contributed by atoms with Crippen LogP contribution in [0, 0.1) is 5.92 Å². The van der Waals surface area contributed by atoms with Gasteiger partial charge in [0.1, 0.15) is 10.8 Å². The first-order valence-electron chi connectivity index (χ1n) is 8.99. The summed E-state index contributed by atoms with van der Waals surface area (Å²) in [6, 6.07) is 3.32. The van der Waals surface area contributed by atoms with Crippen molar-refractivity contribution in [3.8, 4) is 0 Å². The molecule has 148 valence electrons. The first-order chi connectivity index (χ1) is 13.5. The van der Waals surface area contributed by atoms with E-state index in [4.69, 9.17) is 9.15 Å². The maximum atomic E-state index is 12.4. The third-order valence-electron chi connectivity index (χ3n) is 4.33. The number of carbonyl (C=O) groups excluding carboxylic acids is 3. The zero-order valence-corrected chi connectivity index (χ0v) is 16.4. The number of ether oxygens (including phenoxy) is 1. The zero-order chi connectivity index (χ0) is 20.1. The Morgan fingerprint density at radius 3 is 2.93 bits per heavy atom. The first-order valence-corrected chi connectivity index (χ1v) is 9.80. The zero-order valence-electron chi connectivity index (χ0n) is 15.6. The number of nitrogens with one attached hydrogen (secondary N) is 2. The van der Waals surface area contributed by atoms with Gasteiger partial charge < -0.3 is 14.5 Å². The Balaban J connectivity index is 1.74. The van der Waals surface area contributed by atoms with Gasteiger partial charge in [-0.3, -0.25) is 9.59 Å². The fourth-order valence-electron chi connectivity index (χ4n) is 2.99. The van der Waals surface area contributed by atoms with E-state index < -0.39 is 17.8 Å². The third kappa shape index (κ3) is 4.48. The van der Waals surface area contributed by atoms with Gasteiger partial charge in [-0.15, -0.1) is 11.3 Å². The van der Waals surface area contributed by atoms with E-state index in [1.54, 1.807) is 19.1 Å². The van der Waals surface area contributed by atoms with Crippen molar-refractivity contribution in [2.45, 2.75) is 33.1 Å². The molecule has 1 atom stereocenters. The SMILES string of the molecule is CCOC(=O)c1c(NC(=O)C(=O)N/N=C/c2ccco2)sc2c1CCC(C)C2. The molecule has 2 N–H and O–H groups in total. The van der Waals surface area contributed by atoms with Gasteiger partial charge in [0.05, 0.1) is 24.6 Å². The molecule has 2 aromatic heterocycles. The summed E-state index contributed by atoms with van der Waals surface area (Å²) in [6.45, 7) is 4.10. The van der Waals surface area contributed by atoms with Gasteiger partial charge in [0.15, 0.2) is 0 Å². The van der Waals surface area contributed by atoms with Crippen molar-refractivity contribution < 1.29 is 23.5 Å². The van der Waals surface area contributed by atoms with Gasteiger partial charge in [0.2, 0.25) is 0 Å². The summed E-state index contributed by atoms with van der Waals surface area (Å²) in [6.07, 6.45) is 5.29. The molecule has 2 heterocycles. The van der Waals surface area contributed by atoms with Gasteiger partial charge in [-0.1, -0.05) is 6.92 Å². The molecule has 0 fully saturated rings. The van der Waals surface area contributed by atoms with E-state index >= 15 is 0 Å². The number of hydrazone groups is 1. The van der Waals surface area contributed by atoms with E-state index in [1.165, 1.54) is 23.8 Å². The lowest BCUT2D eigenvalue weighted by Crippen LogP contribution is -2.32. The molecule has 0 saturated carbocycles. The highest BCUT2D eigenvalue weighted by atomic mass is 32.1. The van der Waals surface area contributed by atoms with Crippen LogP contribution < -0.4 is 10.7 Å². The number of thiophene rings is 1. The predicted octanol–water partition coefficient (Wildman–Crippen LogP) is 2.73. The molecule has 2 aromatic rings. The maximum absolute atomic E-state index is 12.4. The highest BCUT2D eigenvalue weighted by molar-refractivity contribution is 7.17. The molecule has 9 heteroatoms. The third-order valence-corrected chi connectivity index (χ3v) is 5.50. The molecule has 0 spiro atoms.